The van der Waals surface area contributed by atoms with E-state index >= 15 is 0 Å². The highest BCUT2D eigenvalue weighted by atomic mass is 16.3. The summed E-state index contributed by atoms with van der Waals surface area (Å²) in [5, 5.41) is 9.53. The monoisotopic (exact) mass is 191 g/mol. The quantitative estimate of drug-likeness (QED) is 0.587. The average Bonchev–Trinajstić information content (AvgIpc) is 2.17. The Morgan fingerprint density at radius 1 is 1.43 bits per heavy atom. The van der Waals surface area contributed by atoms with Crippen LogP contribution in [0.4, 0.5) is 0 Å². The summed E-state index contributed by atoms with van der Waals surface area (Å²) in [6.45, 7) is 4.19. The molecule has 1 aromatic rings. The van der Waals surface area contributed by atoms with Crippen molar-refractivity contribution < 1.29 is 9.90 Å². The number of carbonyl (C=O) groups excluding carboxylic acids is 1. The summed E-state index contributed by atoms with van der Waals surface area (Å²) in [7, 11) is 0. The number of phenolic OH excluding ortho intramolecular Hbond substituents is 1. The molecule has 1 N–H and O–H groups in total. The molecule has 0 unspecified atom stereocenters. The first-order valence-corrected chi connectivity index (χ1v) is 4.54. The highest BCUT2D eigenvalue weighted by Gasteiger charge is 2.04. The van der Waals surface area contributed by atoms with E-state index in [2.05, 4.69) is 4.99 Å². The Labute approximate surface area is 83.1 Å². The third-order valence-corrected chi connectivity index (χ3v) is 2.23. The van der Waals surface area contributed by atoms with Crippen molar-refractivity contribution in [3.63, 3.8) is 0 Å². The molecule has 0 fully saturated rings. The maximum Gasteiger partial charge on any atom is 0.235 e. The van der Waals surface area contributed by atoms with Gasteiger partial charge in [-0.1, -0.05) is 6.92 Å². The SMILES string of the molecule is CCc1cc(CN=C=O)c(C)cc1O. The molecule has 0 heterocycles. The fourth-order valence-corrected chi connectivity index (χ4v) is 1.36. The third kappa shape index (κ3) is 2.21. The van der Waals surface area contributed by atoms with Gasteiger partial charge < -0.3 is 5.11 Å². The minimum absolute atomic E-state index is 0.309. The maximum atomic E-state index is 9.97. The van der Waals surface area contributed by atoms with Crippen LogP contribution in [0.15, 0.2) is 17.1 Å². The van der Waals surface area contributed by atoms with Gasteiger partial charge in [0.05, 0.1) is 6.54 Å². The van der Waals surface area contributed by atoms with Gasteiger partial charge in [-0.3, -0.25) is 0 Å². The number of isocyanates is 1. The first kappa shape index (κ1) is 10.5. The molecule has 0 aliphatic heterocycles. The molecule has 0 amide bonds. The van der Waals surface area contributed by atoms with E-state index in [-0.39, 0.29) is 0 Å². The number of benzene rings is 1. The van der Waals surface area contributed by atoms with Crippen molar-refractivity contribution in [2.24, 2.45) is 4.99 Å². The molecule has 0 saturated carbocycles. The largest absolute Gasteiger partial charge is 0.508 e. The molecule has 3 heteroatoms. The van der Waals surface area contributed by atoms with Gasteiger partial charge in [0.2, 0.25) is 6.08 Å². The van der Waals surface area contributed by atoms with E-state index in [1.165, 1.54) is 6.08 Å². The Balaban J connectivity index is 3.10. The van der Waals surface area contributed by atoms with Gasteiger partial charge in [-0.2, -0.15) is 0 Å². The molecule has 0 spiro atoms. The molecule has 1 rings (SSSR count). The number of phenols is 1. The van der Waals surface area contributed by atoms with Gasteiger partial charge in [0.1, 0.15) is 5.75 Å². The van der Waals surface area contributed by atoms with Crippen LogP contribution in [0.3, 0.4) is 0 Å². The van der Waals surface area contributed by atoms with Crippen LogP contribution in [0.5, 0.6) is 5.75 Å². The van der Waals surface area contributed by atoms with Crippen molar-refractivity contribution >= 4 is 6.08 Å². The van der Waals surface area contributed by atoms with Gasteiger partial charge in [-0.25, -0.2) is 9.79 Å². The molecular formula is C11H13NO2. The fourth-order valence-electron chi connectivity index (χ4n) is 1.36. The van der Waals surface area contributed by atoms with Crippen LogP contribution < -0.4 is 0 Å². The second-order valence-electron chi connectivity index (χ2n) is 3.17. The number of hydrogen-bond acceptors (Lipinski definition) is 3. The Morgan fingerprint density at radius 3 is 2.71 bits per heavy atom. The van der Waals surface area contributed by atoms with Crippen LogP contribution in [0.2, 0.25) is 0 Å². The predicted octanol–water partition coefficient (Wildman–Crippen LogP) is 2.10. The minimum atomic E-state index is 0.309. The highest BCUT2D eigenvalue weighted by Crippen LogP contribution is 2.23. The molecule has 0 atom stereocenters. The van der Waals surface area contributed by atoms with Gasteiger partial charge in [0.15, 0.2) is 0 Å². The molecule has 14 heavy (non-hydrogen) atoms. The Bertz CT molecular complexity index is 379. The summed E-state index contributed by atoms with van der Waals surface area (Å²) in [6.07, 6.45) is 2.28. The lowest BCUT2D eigenvalue weighted by Gasteiger charge is -2.07. The number of aliphatic imine (C=N–C) groups is 1. The zero-order valence-electron chi connectivity index (χ0n) is 8.37. The minimum Gasteiger partial charge on any atom is -0.508 e. The number of rotatable bonds is 3. The van der Waals surface area contributed by atoms with Crippen LogP contribution in [-0.2, 0) is 17.8 Å². The summed E-state index contributed by atoms with van der Waals surface area (Å²) >= 11 is 0. The van der Waals surface area contributed by atoms with E-state index in [4.69, 9.17) is 0 Å². The number of nitrogens with zero attached hydrogens (tertiary/aromatic N) is 1. The lowest BCUT2D eigenvalue weighted by atomic mass is 10.0. The molecular weight excluding hydrogens is 178 g/mol. The summed E-state index contributed by atoms with van der Waals surface area (Å²) in [5.74, 6) is 0.309. The summed E-state index contributed by atoms with van der Waals surface area (Å²) < 4.78 is 0. The fraction of sp³-hybridized carbons (Fsp3) is 0.364. The molecule has 0 aliphatic carbocycles. The molecule has 1 aromatic carbocycles. The lowest BCUT2D eigenvalue weighted by Crippen LogP contribution is -1.91. The van der Waals surface area contributed by atoms with Crippen LogP contribution in [0, 0.1) is 6.92 Å². The second kappa shape index (κ2) is 4.58. The van der Waals surface area contributed by atoms with Crippen molar-refractivity contribution in [3.05, 3.63) is 28.8 Å². The van der Waals surface area contributed by atoms with E-state index < -0.39 is 0 Å². The Hall–Kier alpha value is -1.60. The van der Waals surface area contributed by atoms with Gasteiger partial charge in [0.25, 0.3) is 0 Å². The molecule has 0 bridgehead atoms. The van der Waals surface area contributed by atoms with Gasteiger partial charge in [-0.15, -0.1) is 0 Å². The number of aromatic hydroxyl groups is 1. The van der Waals surface area contributed by atoms with E-state index in [1.54, 1.807) is 6.07 Å². The standard InChI is InChI=1S/C11H13NO2/c1-3-9-5-10(6-12-7-13)8(2)4-11(9)14/h4-5,14H,3,6H2,1-2H3. The third-order valence-electron chi connectivity index (χ3n) is 2.23. The second-order valence-corrected chi connectivity index (χ2v) is 3.17. The van der Waals surface area contributed by atoms with Crippen molar-refractivity contribution in [2.45, 2.75) is 26.8 Å². The van der Waals surface area contributed by atoms with E-state index in [0.717, 1.165) is 23.1 Å². The van der Waals surface area contributed by atoms with Crippen molar-refractivity contribution in [2.75, 3.05) is 0 Å². The first-order valence-electron chi connectivity index (χ1n) is 4.54. The van der Waals surface area contributed by atoms with Crippen LogP contribution in [0.1, 0.15) is 23.6 Å². The summed E-state index contributed by atoms with van der Waals surface area (Å²) in [5.41, 5.74) is 2.79. The van der Waals surface area contributed by atoms with Gasteiger partial charge in [0, 0.05) is 0 Å². The predicted molar refractivity (Wildman–Crippen MR) is 54.0 cm³/mol. The van der Waals surface area contributed by atoms with Crippen LogP contribution in [0.25, 0.3) is 0 Å². The van der Waals surface area contributed by atoms with E-state index in [1.807, 2.05) is 19.9 Å². The topological polar surface area (TPSA) is 49.7 Å². The number of hydrogen-bond donors (Lipinski definition) is 1. The average molecular weight is 191 g/mol. The molecule has 74 valence electrons. The van der Waals surface area contributed by atoms with Gasteiger partial charge in [-0.05, 0) is 42.2 Å². The van der Waals surface area contributed by atoms with Crippen LogP contribution in [-0.4, -0.2) is 11.2 Å². The van der Waals surface area contributed by atoms with E-state index in [9.17, 15) is 9.90 Å². The van der Waals surface area contributed by atoms with Crippen molar-refractivity contribution in [1.82, 2.24) is 0 Å². The highest BCUT2D eigenvalue weighted by molar-refractivity contribution is 5.42. The zero-order valence-corrected chi connectivity index (χ0v) is 8.37. The Morgan fingerprint density at radius 2 is 2.14 bits per heavy atom. The van der Waals surface area contributed by atoms with E-state index in [0.29, 0.717) is 12.3 Å². The molecule has 0 aromatic heterocycles. The first-order chi connectivity index (χ1) is 6.69. The maximum absolute atomic E-state index is 9.97. The number of aryl methyl sites for hydroxylation is 2. The molecule has 0 saturated heterocycles. The van der Waals surface area contributed by atoms with Crippen LogP contribution >= 0.6 is 0 Å². The summed E-state index contributed by atoms with van der Waals surface area (Å²) in [6, 6.07) is 3.58. The Kier molecular flexibility index (Phi) is 3.43. The lowest BCUT2D eigenvalue weighted by molar-refractivity contribution is 0.468. The normalized spacial score (nSPS) is 9.57. The molecule has 0 aliphatic rings. The zero-order chi connectivity index (χ0) is 10.6. The van der Waals surface area contributed by atoms with Gasteiger partial charge >= 0.3 is 0 Å². The van der Waals surface area contributed by atoms with Crippen molar-refractivity contribution in [3.8, 4) is 5.75 Å². The molecule has 3 nitrogen and oxygen atoms in total. The molecule has 0 radical (unpaired) electrons. The summed E-state index contributed by atoms with van der Waals surface area (Å²) in [4.78, 5) is 13.5. The smallest absolute Gasteiger partial charge is 0.235 e. The van der Waals surface area contributed by atoms with Crippen molar-refractivity contribution in [1.29, 1.82) is 0 Å².